The molecule has 1 aliphatic carbocycles. The Balaban J connectivity index is 2.49. The molecule has 0 bridgehead atoms. The Hall–Kier alpha value is -1.02. The third-order valence-corrected chi connectivity index (χ3v) is 3.66. The summed E-state index contributed by atoms with van der Waals surface area (Å²) in [5.41, 5.74) is 9.20. The predicted molar refractivity (Wildman–Crippen MR) is 61.9 cm³/mol. The van der Waals surface area contributed by atoms with Crippen molar-refractivity contribution in [1.82, 2.24) is 0 Å². The van der Waals surface area contributed by atoms with Gasteiger partial charge in [0.1, 0.15) is 5.75 Å². The largest absolute Gasteiger partial charge is 0.507 e. The van der Waals surface area contributed by atoms with Crippen LogP contribution in [0.2, 0.25) is 0 Å². The first-order valence-electron chi connectivity index (χ1n) is 5.63. The predicted octanol–water partition coefficient (Wildman–Crippen LogP) is 2.74. The van der Waals surface area contributed by atoms with Crippen molar-refractivity contribution in [2.75, 3.05) is 0 Å². The number of nitrogens with two attached hydrogens (primary N) is 1. The number of benzene rings is 1. The third-order valence-electron chi connectivity index (χ3n) is 3.66. The minimum atomic E-state index is -0.199. The summed E-state index contributed by atoms with van der Waals surface area (Å²) in [7, 11) is 0. The standard InChI is InChI=1S/C13H19NO/c1-9-5-6-11(10(2)12(9)15)13(14)7-3-4-8-13/h5-6,15H,3-4,7-8,14H2,1-2H3. The van der Waals surface area contributed by atoms with Crippen molar-refractivity contribution in [1.29, 1.82) is 0 Å². The van der Waals surface area contributed by atoms with Crippen LogP contribution in [-0.4, -0.2) is 5.11 Å². The van der Waals surface area contributed by atoms with E-state index in [2.05, 4.69) is 6.07 Å². The van der Waals surface area contributed by atoms with E-state index < -0.39 is 0 Å². The number of hydrogen-bond donors (Lipinski definition) is 2. The molecule has 0 spiro atoms. The molecule has 0 radical (unpaired) electrons. The van der Waals surface area contributed by atoms with Gasteiger partial charge in [0.2, 0.25) is 0 Å². The molecule has 2 heteroatoms. The fraction of sp³-hybridized carbons (Fsp3) is 0.538. The second-order valence-corrected chi connectivity index (χ2v) is 4.77. The summed E-state index contributed by atoms with van der Waals surface area (Å²) in [6.45, 7) is 3.88. The van der Waals surface area contributed by atoms with Crippen LogP contribution in [-0.2, 0) is 5.54 Å². The number of phenolic OH excluding ortho intramolecular Hbond substituents is 1. The zero-order valence-corrected chi connectivity index (χ0v) is 9.51. The Bertz CT molecular complexity index is 378. The van der Waals surface area contributed by atoms with Crippen LogP contribution in [0.25, 0.3) is 0 Å². The quantitative estimate of drug-likeness (QED) is 0.740. The van der Waals surface area contributed by atoms with E-state index in [1.165, 1.54) is 12.8 Å². The lowest BCUT2D eigenvalue weighted by Crippen LogP contribution is -2.33. The van der Waals surface area contributed by atoms with E-state index in [0.717, 1.165) is 29.5 Å². The Morgan fingerprint density at radius 3 is 2.40 bits per heavy atom. The minimum Gasteiger partial charge on any atom is -0.507 e. The van der Waals surface area contributed by atoms with Gasteiger partial charge < -0.3 is 10.8 Å². The molecule has 1 aliphatic rings. The van der Waals surface area contributed by atoms with E-state index in [9.17, 15) is 5.11 Å². The first kappa shape index (κ1) is 10.5. The average Bonchev–Trinajstić information content (AvgIpc) is 2.62. The van der Waals surface area contributed by atoms with E-state index in [-0.39, 0.29) is 5.54 Å². The van der Waals surface area contributed by atoms with Gasteiger partial charge >= 0.3 is 0 Å². The van der Waals surface area contributed by atoms with E-state index in [4.69, 9.17) is 5.73 Å². The van der Waals surface area contributed by atoms with Gasteiger partial charge in [-0.05, 0) is 43.4 Å². The second-order valence-electron chi connectivity index (χ2n) is 4.77. The first-order chi connectivity index (χ1) is 7.04. The van der Waals surface area contributed by atoms with Crippen molar-refractivity contribution >= 4 is 0 Å². The fourth-order valence-corrected chi connectivity index (χ4v) is 2.65. The summed E-state index contributed by atoms with van der Waals surface area (Å²) in [6, 6.07) is 4.04. The van der Waals surface area contributed by atoms with Gasteiger partial charge in [-0.15, -0.1) is 0 Å². The number of phenols is 1. The molecule has 1 saturated carbocycles. The summed E-state index contributed by atoms with van der Waals surface area (Å²) >= 11 is 0. The lowest BCUT2D eigenvalue weighted by atomic mass is 9.85. The maximum absolute atomic E-state index is 9.91. The maximum Gasteiger partial charge on any atom is 0.121 e. The van der Waals surface area contributed by atoms with Crippen LogP contribution in [0.4, 0.5) is 0 Å². The highest BCUT2D eigenvalue weighted by Crippen LogP contribution is 2.40. The first-order valence-corrected chi connectivity index (χ1v) is 5.63. The molecule has 0 saturated heterocycles. The lowest BCUT2D eigenvalue weighted by Gasteiger charge is -2.27. The molecule has 1 aromatic carbocycles. The second kappa shape index (κ2) is 3.53. The molecule has 0 unspecified atom stereocenters. The Morgan fingerprint density at radius 2 is 1.80 bits per heavy atom. The normalized spacial score (nSPS) is 19.4. The van der Waals surface area contributed by atoms with E-state index in [1.807, 2.05) is 19.9 Å². The van der Waals surface area contributed by atoms with Crippen LogP contribution in [0.1, 0.15) is 42.4 Å². The van der Waals surface area contributed by atoms with Crippen LogP contribution in [0, 0.1) is 13.8 Å². The third kappa shape index (κ3) is 1.63. The summed E-state index contributed by atoms with van der Waals surface area (Å²) in [5, 5.41) is 9.91. The van der Waals surface area contributed by atoms with Crippen LogP contribution >= 0.6 is 0 Å². The van der Waals surface area contributed by atoms with Gasteiger partial charge in [-0.3, -0.25) is 0 Å². The molecule has 1 aromatic rings. The summed E-state index contributed by atoms with van der Waals surface area (Å²) in [5.74, 6) is 0.407. The number of hydrogen-bond acceptors (Lipinski definition) is 2. The van der Waals surface area contributed by atoms with E-state index in [0.29, 0.717) is 5.75 Å². The highest BCUT2D eigenvalue weighted by molar-refractivity contribution is 5.47. The van der Waals surface area contributed by atoms with Gasteiger partial charge in [-0.2, -0.15) is 0 Å². The Labute approximate surface area is 91.1 Å². The number of rotatable bonds is 1. The summed E-state index contributed by atoms with van der Waals surface area (Å²) < 4.78 is 0. The molecule has 2 rings (SSSR count). The van der Waals surface area contributed by atoms with Crippen LogP contribution in [0.15, 0.2) is 12.1 Å². The highest BCUT2D eigenvalue weighted by Gasteiger charge is 2.33. The number of aryl methyl sites for hydroxylation is 1. The average molecular weight is 205 g/mol. The van der Waals surface area contributed by atoms with Crippen LogP contribution in [0.5, 0.6) is 5.75 Å². The van der Waals surface area contributed by atoms with E-state index >= 15 is 0 Å². The van der Waals surface area contributed by atoms with Gasteiger partial charge in [0.15, 0.2) is 0 Å². The zero-order chi connectivity index (χ0) is 11.1. The van der Waals surface area contributed by atoms with Crippen molar-refractivity contribution in [2.24, 2.45) is 5.73 Å². The highest BCUT2D eigenvalue weighted by atomic mass is 16.3. The van der Waals surface area contributed by atoms with Gasteiger partial charge in [-0.1, -0.05) is 25.0 Å². The molecule has 2 nitrogen and oxygen atoms in total. The smallest absolute Gasteiger partial charge is 0.121 e. The lowest BCUT2D eigenvalue weighted by molar-refractivity contribution is 0.439. The van der Waals surface area contributed by atoms with Gasteiger partial charge in [0, 0.05) is 5.54 Å². The molecule has 0 heterocycles. The zero-order valence-electron chi connectivity index (χ0n) is 9.51. The molecular weight excluding hydrogens is 186 g/mol. The monoisotopic (exact) mass is 205 g/mol. The van der Waals surface area contributed by atoms with Crippen molar-refractivity contribution in [2.45, 2.75) is 45.1 Å². The molecule has 1 fully saturated rings. The topological polar surface area (TPSA) is 46.2 Å². The van der Waals surface area contributed by atoms with Crippen molar-refractivity contribution < 1.29 is 5.11 Å². The van der Waals surface area contributed by atoms with Crippen molar-refractivity contribution in [3.05, 3.63) is 28.8 Å². The molecule has 0 aliphatic heterocycles. The molecule has 15 heavy (non-hydrogen) atoms. The van der Waals surface area contributed by atoms with Gasteiger partial charge in [0.25, 0.3) is 0 Å². The fourth-order valence-electron chi connectivity index (χ4n) is 2.65. The summed E-state index contributed by atoms with van der Waals surface area (Å²) in [4.78, 5) is 0. The SMILES string of the molecule is Cc1ccc(C2(N)CCCC2)c(C)c1O. The Morgan fingerprint density at radius 1 is 1.20 bits per heavy atom. The molecule has 3 N–H and O–H groups in total. The maximum atomic E-state index is 9.91. The van der Waals surface area contributed by atoms with E-state index in [1.54, 1.807) is 0 Å². The molecule has 0 aromatic heterocycles. The number of aromatic hydroxyl groups is 1. The molecule has 0 amide bonds. The van der Waals surface area contributed by atoms with Crippen molar-refractivity contribution in [3.63, 3.8) is 0 Å². The van der Waals surface area contributed by atoms with Crippen LogP contribution in [0.3, 0.4) is 0 Å². The van der Waals surface area contributed by atoms with Gasteiger partial charge in [-0.25, -0.2) is 0 Å². The molecular formula is C13H19NO. The van der Waals surface area contributed by atoms with Crippen molar-refractivity contribution in [3.8, 4) is 5.75 Å². The van der Waals surface area contributed by atoms with Gasteiger partial charge in [0.05, 0.1) is 0 Å². The summed E-state index contributed by atoms with van der Waals surface area (Å²) in [6.07, 6.45) is 4.47. The minimum absolute atomic E-state index is 0.199. The molecule has 82 valence electrons. The molecule has 0 atom stereocenters. The Kier molecular flexibility index (Phi) is 2.47. The van der Waals surface area contributed by atoms with Crippen LogP contribution < -0.4 is 5.73 Å².